The minimum atomic E-state index is -0.431. The van der Waals surface area contributed by atoms with E-state index in [1.165, 1.54) is 19.2 Å². The number of nitrogens with zero attached hydrogens (tertiary/aromatic N) is 3. The molecule has 8 nitrogen and oxygen atoms in total. The zero-order valence-electron chi connectivity index (χ0n) is 16.4. The smallest absolute Gasteiger partial charge is 0.409 e. The monoisotopic (exact) mass is 401 g/mol. The van der Waals surface area contributed by atoms with Crippen LogP contribution in [0.15, 0.2) is 36.5 Å². The Morgan fingerprint density at radius 2 is 1.79 bits per heavy atom. The number of carbonyl (C=O) groups is 2. The normalized spacial score (nSPS) is 14.4. The van der Waals surface area contributed by atoms with E-state index in [2.05, 4.69) is 20.5 Å². The van der Waals surface area contributed by atoms with Crippen LogP contribution >= 0.6 is 0 Å². The summed E-state index contributed by atoms with van der Waals surface area (Å²) in [5.74, 6) is -0.339. The minimum Gasteiger partial charge on any atom is -0.453 e. The van der Waals surface area contributed by atoms with Gasteiger partial charge in [0, 0.05) is 49.7 Å². The summed E-state index contributed by atoms with van der Waals surface area (Å²) in [6, 6.07) is 7.59. The van der Waals surface area contributed by atoms with Crippen molar-refractivity contribution < 1.29 is 18.7 Å². The average molecular weight is 401 g/mol. The lowest BCUT2D eigenvalue weighted by molar-refractivity contribution is 0.0885. The van der Waals surface area contributed by atoms with Crippen LogP contribution in [0.2, 0.25) is 0 Å². The first kappa shape index (κ1) is 20.5. The van der Waals surface area contributed by atoms with Gasteiger partial charge in [0.05, 0.1) is 19.0 Å². The highest BCUT2D eigenvalue weighted by molar-refractivity contribution is 5.99. The van der Waals surface area contributed by atoms with Gasteiger partial charge in [-0.2, -0.15) is 0 Å². The Bertz CT molecular complexity index is 867. The number of aryl methyl sites for hydroxylation is 1. The highest BCUT2D eigenvalue weighted by Crippen LogP contribution is 2.18. The van der Waals surface area contributed by atoms with Crippen molar-refractivity contribution in [1.82, 2.24) is 14.8 Å². The Kier molecular flexibility index (Phi) is 6.61. The van der Waals surface area contributed by atoms with Gasteiger partial charge < -0.3 is 20.3 Å². The van der Waals surface area contributed by atoms with E-state index < -0.39 is 6.03 Å². The number of rotatable bonds is 4. The number of benzene rings is 1. The van der Waals surface area contributed by atoms with Gasteiger partial charge in [0.25, 0.3) is 0 Å². The molecule has 0 unspecified atom stereocenters. The van der Waals surface area contributed by atoms with Gasteiger partial charge in [-0.1, -0.05) is 0 Å². The summed E-state index contributed by atoms with van der Waals surface area (Å²) in [6.45, 7) is 4.54. The van der Waals surface area contributed by atoms with Crippen LogP contribution in [-0.2, 0) is 11.3 Å². The number of amides is 3. The van der Waals surface area contributed by atoms with Crippen LogP contribution < -0.4 is 10.6 Å². The highest BCUT2D eigenvalue weighted by Gasteiger charge is 2.22. The van der Waals surface area contributed by atoms with Crippen LogP contribution in [0.5, 0.6) is 0 Å². The lowest BCUT2D eigenvalue weighted by Gasteiger charge is -2.33. The maximum Gasteiger partial charge on any atom is 0.409 e. The molecule has 1 fully saturated rings. The largest absolute Gasteiger partial charge is 0.453 e. The van der Waals surface area contributed by atoms with Crippen molar-refractivity contribution in [2.24, 2.45) is 0 Å². The maximum atomic E-state index is 14.3. The highest BCUT2D eigenvalue weighted by atomic mass is 19.1. The second-order valence-electron chi connectivity index (χ2n) is 6.81. The molecule has 2 N–H and O–H groups in total. The van der Waals surface area contributed by atoms with E-state index in [1.807, 2.05) is 6.92 Å². The number of urea groups is 1. The predicted octanol–water partition coefficient (Wildman–Crippen LogP) is 3.06. The van der Waals surface area contributed by atoms with Crippen LogP contribution in [0.4, 0.5) is 25.4 Å². The molecule has 1 aromatic heterocycles. The number of aromatic nitrogens is 1. The van der Waals surface area contributed by atoms with Crippen LogP contribution in [0.3, 0.4) is 0 Å². The molecule has 1 aliphatic heterocycles. The van der Waals surface area contributed by atoms with E-state index >= 15 is 0 Å². The van der Waals surface area contributed by atoms with Crippen molar-refractivity contribution >= 4 is 23.5 Å². The third-order valence-corrected chi connectivity index (χ3v) is 4.67. The van der Waals surface area contributed by atoms with Crippen molar-refractivity contribution in [3.05, 3.63) is 53.6 Å². The lowest BCUT2D eigenvalue weighted by atomic mass is 10.1. The molecule has 9 heteroatoms. The third-order valence-electron chi connectivity index (χ3n) is 4.67. The molecule has 3 amide bonds. The molecule has 3 rings (SSSR count). The standard InChI is InChI=1S/C20H24FN5O3/c1-14-3-4-17(12-22-14)24-19(27)23-16-5-6-18(21)15(11-16)13-25-7-9-26(10-8-25)20(28)29-2/h3-6,11-12H,7-10,13H2,1-2H3,(H2,23,24,27). The molecule has 154 valence electrons. The molecule has 0 atom stereocenters. The first-order valence-electron chi connectivity index (χ1n) is 9.29. The summed E-state index contributed by atoms with van der Waals surface area (Å²) >= 11 is 0. The van der Waals surface area contributed by atoms with E-state index in [0.29, 0.717) is 49.7 Å². The maximum absolute atomic E-state index is 14.3. The summed E-state index contributed by atoms with van der Waals surface area (Å²) in [5, 5.41) is 5.40. The number of anilines is 2. The van der Waals surface area contributed by atoms with E-state index in [9.17, 15) is 14.0 Å². The zero-order valence-corrected chi connectivity index (χ0v) is 16.4. The van der Waals surface area contributed by atoms with Crippen molar-refractivity contribution in [2.45, 2.75) is 13.5 Å². The number of hydrogen-bond acceptors (Lipinski definition) is 5. The number of nitrogens with one attached hydrogen (secondary N) is 2. The number of hydrogen-bond donors (Lipinski definition) is 2. The van der Waals surface area contributed by atoms with Gasteiger partial charge in [-0.3, -0.25) is 9.88 Å². The number of methoxy groups -OCH3 is 1. The molecule has 0 spiro atoms. The van der Waals surface area contributed by atoms with Crippen molar-refractivity contribution in [2.75, 3.05) is 43.9 Å². The van der Waals surface area contributed by atoms with Gasteiger partial charge in [-0.25, -0.2) is 14.0 Å². The quantitative estimate of drug-likeness (QED) is 0.822. The second kappa shape index (κ2) is 9.33. The SMILES string of the molecule is COC(=O)N1CCN(Cc2cc(NC(=O)Nc3ccc(C)nc3)ccc2F)CC1. The van der Waals surface area contributed by atoms with Crippen molar-refractivity contribution in [1.29, 1.82) is 0 Å². The fourth-order valence-electron chi connectivity index (χ4n) is 3.07. The number of carbonyl (C=O) groups excluding carboxylic acids is 2. The topological polar surface area (TPSA) is 86.8 Å². The Balaban J connectivity index is 1.57. The van der Waals surface area contributed by atoms with Gasteiger partial charge in [-0.15, -0.1) is 0 Å². The summed E-state index contributed by atoms with van der Waals surface area (Å²) in [7, 11) is 1.36. The summed E-state index contributed by atoms with van der Waals surface area (Å²) < 4.78 is 19.0. The summed E-state index contributed by atoms with van der Waals surface area (Å²) in [6.07, 6.45) is 1.22. The zero-order chi connectivity index (χ0) is 20.8. The van der Waals surface area contributed by atoms with E-state index in [-0.39, 0.29) is 11.9 Å². The molecule has 1 saturated heterocycles. The van der Waals surface area contributed by atoms with Crippen molar-refractivity contribution in [3.8, 4) is 0 Å². The van der Waals surface area contributed by atoms with Gasteiger partial charge in [0.2, 0.25) is 0 Å². The van der Waals surface area contributed by atoms with Gasteiger partial charge in [-0.05, 0) is 37.3 Å². The Labute approximate surface area is 168 Å². The first-order chi connectivity index (χ1) is 13.9. The lowest BCUT2D eigenvalue weighted by Crippen LogP contribution is -2.48. The summed E-state index contributed by atoms with van der Waals surface area (Å²) in [5.41, 5.74) is 2.39. The van der Waals surface area contributed by atoms with Crippen LogP contribution in [0.1, 0.15) is 11.3 Å². The molecular weight excluding hydrogens is 377 g/mol. The predicted molar refractivity (Wildman–Crippen MR) is 107 cm³/mol. The van der Waals surface area contributed by atoms with Crippen LogP contribution in [-0.4, -0.2) is 60.2 Å². The number of halogens is 1. The van der Waals surface area contributed by atoms with Crippen LogP contribution in [0.25, 0.3) is 0 Å². The molecule has 0 radical (unpaired) electrons. The molecule has 0 bridgehead atoms. The molecule has 1 aromatic carbocycles. The molecule has 1 aliphatic rings. The minimum absolute atomic E-state index is 0.339. The van der Waals surface area contributed by atoms with E-state index in [4.69, 9.17) is 4.74 Å². The van der Waals surface area contributed by atoms with E-state index in [0.717, 1.165) is 5.69 Å². The fraction of sp³-hybridized carbons (Fsp3) is 0.350. The number of ether oxygens (including phenoxy) is 1. The third kappa shape index (κ3) is 5.64. The molecule has 0 aliphatic carbocycles. The van der Waals surface area contributed by atoms with Gasteiger partial charge >= 0.3 is 12.1 Å². The molecule has 29 heavy (non-hydrogen) atoms. The summed E-state index contributed by atoms with van der Waals surface area (Å²) in [4.78, 5) is 31.5. The first-order valence-corrected chi connectivity index (χ1v) is 9.29. The van der Waals surface area contributed by atoms with Crippen LogP contribution in [0, 0.1) is 12.7 Å². The Morgan fingerprint density at radius 1 is 1.10 bits per heavy atom. The Morgan fingerprint density at radius 3 is 2.45 bits per heavy atom. The molecule has 0 saturated carbocycles. The number of piperazine rings is 1. The second-order valence-corrected chi connectivity index (χ2v) is 6.81. The van der Waals surface area contributed by atoms with Crippen molar-refractivity contribution in [3.63, 3.8) is 0 Å². The molecular formula is C20H24FN5O3. The van der Waals surface area contributed by atoms with Gasteiger partial charge in [0.1, 0.15) is 5.82 Å². The molecule has 2 heterocycles. The van der Waals surface area contributed by atoms with Gasteiger partial charge in [0.15, 0.2) is 0 Å². The fourth-order valence-corrected chi connectivity index (χ4v) is 3.07. The average Bonchev–Trinajstić information content (AvgIpc) is 2.72. The van der Waals surface area contributed by atoms with E-state index in [1.54, 1.807) is 29.3 Å². The number of pyridine rings is 1. The Hall–Kier alpha value is -3.20. The molecule has 2 aromatic rings.